The van der Waals surface area contributed by atoms with Gasteiger partial charge in [-0.2, -0.15) is 0 Å². The predicted octanol–water partition coefficient (Wildman–Crippen LogP) is 1.05. The second-order valence-corrected chi connectivity index (χ2v) is 2.49. The van der Waals surface area contributed by atoms with Gasteiger partial charge < -0.3 is 15.3 Å². The lowest BCUT2D eigenvalue weighted by Crippen LogP contribution is -2.09. The SMILES string of the molecule is NC(CCCO)c1ccco1. The van der Waals surface area contributed by atoms with E-state index in [-0.39, 0.29) is 12.6 Å². The molecule has 3 heteroatoms. The molecule has 1 rings (SSSR count). The maximum atomic E-state index is 8.53. The Morgan fingerprint density at radius 2 is 2.45 bits per heavy atom. The Bertz CT molecular complexity index is 184. The van der Waals surface area contributed by atoms with Crippen molar-refractivity contribution >= 4 is 0 Å². The summed E-state index contributed by atoms with van der Waals surface area (Å²) in [7, 11) is 0. The molecule has 1 unspecified atom stereocenters. The van der Waals surface area contributed by atoms with Crippen molar-refractivity contribution in [2.24, 2.45) is 5.73 Å². The lowest BCUT2D eigenvalue weighted by atomic mass is 10.1. The molecular weight excluding hydrogens is 142 g/mol. The summed E-state index contributed by atoms with van der Waals surface area (Å²) in [6, 6.07) is 3.59. The van der Waals surface area contributed by atoms with Crippen LogP contribution in [0.25, 0.3) is 0 Å². The quantitative estimate of drug-likeness (QED) is 0.683. The summed E-state index contributed by atoms with van der Waals surface area (Å²) in [5.41, 5.74) is 5.72. The highest BCUT2D eigenvalue weighted by molar-refractivity contribution is 5.02. The monoisotopic (exact) mass is 155 g/mol. The third kappa shape index (κ3) is 2.37. The molecule has 3 N–H and O–H groups in total. The maximum absolute atomic E-state index is 8.53. The van der Waals surface area contributed by atoms with Gasteiger partial charge in [0.15, 0.2) is 0 Å². The smallest absolute Gasteiger partial charge is 0.120 e. The highest BCUT2D eigenvalue weighted by Gasteiger charge is 2.06. The minimum Gasteiger partial charge on any atom is -0.468 e. The third-order valence-corrected chi connectivity index (χ3v) is 1.58. The zero-order valence-corrected chi connectivity index (χ0v) is 6.36. The molecule has 1 aromatic rings. The molecule has 0 aliphatic carbocycles. The van der Waals surface area contributed by atoms with Crippen LogP contribution in [0.5, 0.6) is 0 Å². The Labute approximate surface area is 65.8 Å². The molecule has 0 amide bonds. The van der Waals surface area contributed by atoms with Crippen LogP contribution in [0.3, 0.4) is 0 Å². The van der Waals surface area contributed by atoms with Crippen LogP contribution in [0.15, 0.2) is 22.8 Å². The molecule has 0 aliphatic rings. The van der Waals surface area contributed by atoms with E-state index in [4.69, 9.17) is 15.3 Å². The van der Waals surface area contributed by atoms with E-state index < -0.39 is 0 Å². The van der Waals surface area contributed by atoms with Gasteiger partial charge in [0.05, 0.1) is 12.3 Å². The number of furan rings is 1. The van der Waals surface area contributed by atoms with Crippen molar-refractivity contribution in [2.75, 3.05) is 6.61 Å². The normalized spacial score (nSPS) is 13.3. The van der Waals surface area contributed by atoms with Gasteiger partial charge in [-0.1, -0.05) is 0 Å². The largest absolute Gasteiger partial charge is 0.468 e. The molecule has 0 spiro atoms. The van der Waals surface area contributed by atoms with Gasteiger partial charge in [-0.3, -0.25) is 0 Å². The van der Waals surface area contributed by atoms with Crippen molar-refractivity contribution in [3.63, 3.8) is 0 Å². The lowest BCUT2D eigenvalue weighted by molar-refractivity contribution is 0.276. The van der Waals surface area contributed by atoms with Crippen molar-refractivity contribution in [2.45, 2.75) is 18.9 Å². The molecule has 1 atom stereocenters. The standard InChI is InChI=1S/C8H13NO2/c9-7(3-1-5-10)8-4-2-6-11-8/h2,4,6-7,10H,1,3,5,9H2. The summed E-state index contributed by atoms with van der Waals surface area (Å²) in [6.07, 6.45) is 3.10. The second-order valence-electron chi connectivity index (χ2n) is 2.49. The number of hydrogen-bond donors (Lipinski definition) is 2. The Morgan fingerprint density at radius 1 is 1.64 bits per heavy atom. The van der Waals surface area contributed by atoms with Gasteiger partial charge in [0.1, 0.15) is 5.76 Å². The minimum absolute atomic E-state index is 0.0721. The van der Waals surface area contributed by atoms with E-state index in [2.05, 4.69) is 0 Å². The van der Waals surface area contributed by atoms with E-state index in [1.165, 1.54) is 0 Å². The van der Waals surface area contributed by atoms with Gasteiger partial charge >= 0.3 is 0 Å². The van der Waals surface area contributed by atoms with Crippen molar-refractivity contribution in [3.05, 3.63) is 24.2 Å². The van der Waals surface area contributed by atoms with E-state index in [0.717, 1.165) is 18.6 Å². The van der Waals surface area contributed by atoms with Crippen LogP contribution in [-0.4, -0.2) is 11.7 Å². The van der Waals surface area contributed by atoms with Gasteiger partial charge in [0.25, 0.3) is 0 Å². The van der Waals surface area contributed by atoms with Crippen LogP contribution in [-0.2, 0) is 0 Å². The van der Waals surface area contributed by atoms with E-state index in [1.54, 1.807) is 6.26 Å². The van der Waals surface area contributed by atoms with Crippen molar-refractivity contribution in [3.8, 4) is 0 Å². The minimum atomic E-state index is -0.0721. The molecule has 0 fully saturated rings. The van der Waals surface area contributed by atoms with E-state index in [1.807, 2.05) is 12.1 Å². The summed E-state index contributed by atoms with van der Waals surface area (Å²) in [5, 5.41) is 8.53. The fourth-order valence-electron chi connectivity index (χ4n) is 0.956. The van der Waals surface area contributed by atoms with E-state index in [0.29, 0.717) is 0 Å². The van der Waals surface area contributed by atoms with Crippen molar-refractivity contribution < 1.29 is 9.52 Å². The number of rotatable bonds is 4. The van der Waals surface area contributed by atoms with Crippen molar-refractivity contribution in [1.82, 2.24) is 0 Å². The summed E-state index contributed by atoms with van der Waals surface area (Å²) in [6.45, 7) is 0.189. The van der Waals surface area contributed by atoms with Gasteiger partial charge in [-0.25, -0.2) is 0 Å². The van der Waals surface area contributed by atoms with Gasteiger partial charge in [-0.15, -0.1) is 0 Å². The molecule has 1 aromatic heterocycles. The van der Waals surface area contributed by atoms with Crippen molar-refractivity contribution in [1.29, 1.82) is 0 Å². The number of hydrogen-bond acceptors (Lipinski definition) is 3. The zero-order valence-electron chi connectivity index (χ0n) is 6.36. The molecule has 0 bridgehead atoms. The first-order chi connectivity index (χ1) is 5.34. The molecule has 0 aliphatic heterocycles. The average Bonchev–Trinajstić information content (AvgIpc) is 2.52. The Morgan fingerprint density at radius 3 is 3.00 bits per heavy atom. The molecule has 0 saturated heterocycles. The van der Waals surface area contributed by atoms with E-state index in [9.17, 15) is 0 Å². The first kappa shape index (κ1) is 8.30. The second kappa shape index (κ2) is 4.16. The van der Waals surface area contributed by atoms with Gasteiger partial charge in [-0.05, 0) is 25.0 Å². The van der Waals surface area contributed by atoms with Crippen LogP contribution >= 0.6 is 0 Å². The van der Waals surface area contributed by atoms with Crippen LogP contribution in [0.4, 0.5) is 0 Å². The summed E-state index contributed by atoms with van der Waals surface area (Å²) < 4.78 is 5.09. The first-order valence-corrected chi connectivity index (χ1v) is 3.74. The van der Waals surface area contributed by atoms with Gasteiger partial charge in [0, 0.05) is 6.61 Å². The van der Waals surface area contributed by atoms with Crippen LogP contribution in [0, 0.1) is 0 Å². The number of aliphatic hydroxyl groups is 1. The van der Waals surface area contributed by atoms with Gasteiger partial charge in [0.2, 0.25) is 0 Å². The topological polar surface area (TPSA) is 59.4 Å². The van der Waals surface area contributed by atoms with Crippen LogP contribution in [0.2, 0.25) is 0 Å². The summed E-state index contributed by atoms with van der Waals surface area (Å²) >= 11 is 0. The third-order valence-electron chi connectivity index (χ3n) is 1.58. The first-order valence-electron chi connectivity index (χ1n) is 3.74. The fraction of sp³-hybridized carbons (Fsp3) is 0.500. The van der Waals surface area contributed by atoms with E-state index >= 15 is 0 Å². The molecule has 0 radical (unpaired) electrons. The highest BCUT2D eigenvalue weighted by Crippen LogP contribution is 2.14. The molecular formula is C8H13NO2. The Balaban J connectivity index is 2.36. The average molecular weight is 155 g/mol. The predicted molar refractivity (Wildman–Crippen MR) is 42.0 cm³/mol. The Kier molecular flexibility index (Phi) is 3.14. The number of aliphatic hydroxyl groups excluding tert-OH is 1. The molecule has 0 saturated carbocycles. The summed E-state index contributed by atoms with van der Waals surface area (Å²) in [4.78, 5) is 0. The lowest BCUT2D eigenvalue weighted by Gasteiger charge is -2.05. The molecule has 0 aromatic carbocycles. The molecule has 3 nitrogen and oxygen atoms in total. The van der Waals surface area contributed by atoms with Crippen LogP contribution in [0.1, 0.15) is 24.6 Å². The number of nitrogens with two attached hydrogens (primary N) is 1. The zero-order chi connectivity index (χ0) is 8.10. The maximum Gasteiger partial charge on any atom is 0.120 e. The fourth-order valence-corrected chi connectivity index (χ4v) is 0.956. The summed E-state index contributed by atoms with van der Waals surface area (Å²) in [5.74, 6) is 0.790. The molecule has 62 valence electrons. The Hall–Kier alpha value is -0.800. The molecule has 1 heterocycles. The highest BCUT2D eigenvalue weighted by atomic mass is 16.3. The van der Waals surface area contributed by atoms with Crippen LogP contribution < -0.4 is 5.73 Å². The molecule has 11 heavy (non-hydrogen) atoms.